The Balaban J connectivity index is 1.26. The number of benzene rings is 8. The van der Waals surface area contributed by atoms with Crippen LogP contribution in [0.3, 0.4) is 0 Å². The summed E-state index contributed by atoms with van der Waals surface area (Å²) in [5.41, 5.74) is 13.8. The molecule has 1 aliphatic carbocycles. The molecular formula is C56H49NS. The van der Waals surface area contributed by atoms with Gasteiger partial charge in [-0.2, -0.15) is 0 Å². The van der Waals surface area contributed by atoms with Gasteiger partial charge in [-0.05, 0) is 93.1 Å². The zero-order chi connectivity index (χ0) is 39.2. The molecule has 9 aromatic rings. The highest BCUT2D eigenvalue weighted by molar-refractivity contribution is 7.25. The van der Waals surface area contributed by atoms with Gasteiger partial charge in [-0.3, -0.25) is 0 Å². The summed E-state index contributed by atoms with van der Waals surface area (Å²) in [6, 6.07) is 66.1. The Morgan fingerprint density at radius 3 is 1.64 bits per heavy atom. The molecule has 0 bridgehead atoms. The molecule has 1 fully saturated rings. The zero-order valence-electron chi connectivity index (χ0n) is 33.7. The molecule has 1 aromatic heterocycles. The highest BCUT2D eigenvalue weighted by Gasteiger charge is 2.26. The smallest absolute Gasteiger partial charge is 0.0540 e. The molecule has 0 unspecified atom stereocenters. The second-order valence-electron chi connectivity index (χ2n) is 17.1. The number of fused-ring (bicyclic) bond motifs is 4. The van der Waals surface area contributed by atoms with Crippen molar-refractivity contribution in [2.24, 2.45) is 0 Å². The van der Waals surface area contributed by atoms with Gasteiger partial charge in [-0.1, -0.05) is 186 Å². The Labute approximate surface area is 347 Å². The Hall–Kier alpha value is -5.96. The summed E-state index contributed by atoms with van der Waals surface area (Å²) >= 11 is 1.88. The number of nitrogens with zero attached hydrogens (tertiary/aromatic N) is 1. The van der Waals surface area contributed by atoms with E-state index in [1.165, 1.54) is 113 Å². The van der Waals surface area contributed by atoms with Crippen molar-refractivity contribution < 1.29 is 0 Å². The molecule has 1 saturated carbocycles. The molecule has 0 aliphatic heterocycles. The van der Waals surface area contributed by atoms with Crippen molar-refractivity contribution >= 4 is 59.3 Å². The van der Waals surface area contributed by atoms with Crippen LogP contribution in [0.25, 0.3) is 64.3 Å². The first-order valence-electron chi connectivity index (χ1n) is 21.0. The van der Waals surface area contributed by atoms with Crippen LogP contribution in [0, 0.1) is 0 Å². The maximum atomic E-state index is 2.56. The quantitative estimate of drug-likeness (QED) is 0.156. The first kappa shape index (κ1) is 36.4. The summed E-state index contributed by atoms with van der Waals surface area (Å²) in [6.07, 6.45) is 6.49. The normalized spacial score (nSPS) is 13.7. The summed E-state index contributed by atoms with van der Waals surface area (Å²) in [7, 11) is 0. The average Bonchev–Trinajstić information content (AvgIpc) is 3.66. The SMILES string of the molecule is CC(C)(C)c1ccc(-c2ccccc2N(c2ccccc2-c2cccc3cccc(C4CCCCC4)c23)c2ccccc2-c2cccc3sc4ccccc4c23)cc1. The first-order valence-corrected chi connectivity index (χ1v) is 21.9. The van der Waals surface area contributed by atoms with Crippen molar-refractivity contribution in [1.29, 1.82) is 0 Å². The third-order valence-corrected chi connectivity index (χ3v) is 13.6. The lowest BCUT2D eigenvalue weighted by Crippen LogP contribution is -2.14. The molecule has 0 atom stereocenters. The number of hydrogen-bond acceptors (Lipinski definition) is 2. The maximum Gasteiger partial charge on any atom is 0.0540 e. The number of hydrogen-bond donors (Lipinski definition) is 0. The fourth-order valence-corrected chi connectivity index (χ4v) is 10.7. The van der Waals surface area contributed by atoms with Gasteiger partial charge in [0.15, 0.2) is 0 Å². The van der Waals surface area contributed by atoms with Gasteiger partial charge >= 0.3 is 0 Å². The van der Waals surface area contributed by atoms with Crippen LogP contribution >= 0.6 is 11.3 Å². The molecule has 8 aromatic carbocycles. The van der Waals surface area contributed by atoms with Crippen molar-refractivity contribution in [2.75, 3.05) is 4.90 Å². The van der Waals surface area contributed by atoms with E-state index < -0.39 is 0 Å². The van der Waals surface area contributed by atoms with E-state index in [2.05, 4.69) is 202 Å². The topological polar surface area (TPSA) is 3.24 Å². The van der Waals surface area contributed by atoms with Crippen LogP contribution in [0.2, 0.25) is 0 Å². The van der Waals surface area contributed by atoms with E-state index >= 15 is 0 Å². The van der Waals surface area contributed by atoms with E-state index in [1.54, 1.807) is 0 Å². The number of para-hydroxylation sites is 3. The third-order valence-electron chi connectivity index (χ3n) is 12.5. The van der Waals surface area contributed by atoms with E-state index in [0.29, 0.717) is 5.92 Å². The lowest BCUT2D eigenvalue weighted by molar-refractivity contribution is 0.445. The van der Waals surface area contributed by atoms with E-state index in [1.807, 2.05) is 11.3 Å². The second-order valence-corrected chi connectivity index (χ2v) is 18.2. The highest BCUT2D eigenvalue weighted by Crippen LogP contribution is 2.51. The molecule has 1 aliphatic rings. The van der Waals surface area contributed by atoms with Crippen LogP contribution in [-0.4, -0.2) is 0 Å². The molecular weight excluding hydrogens is 719 g/mol. The number of rotatable bonds is 7. The summed E-state index contributed by atoms with van der Waals surface area (Å²) in [6.45, 7) is 6.86. The second kappa shape index (κ2) is 15.1. The molecule has 284 valence electrons. The van der Waals surface area contributed by atoms with E-state index in [-0.39, 0.29) is 5.41 Å². The molecule has 0 radical (unpaired) electrons. The minimum absolute atomic E-state index is 0.0732. The minimum Gasteiger partial charge on any atom is -0.309 e. The van der Waals surface area contributed by atoms with Crippen LogP contribution < -0.4 is 4.90 Å². The number of anilines is 3. The van der Waals surface area contributed by atoms with Gasteiger partial charge in [-0.15, -0.1) is 11.3 Å². The van der Waals surface area contributed by atoms with E-state index in [0.717, 1.165) is 11.4 Å². The standard InChI is InChI=1S/C56H49NS/c1-56(2,3)41-36-34-39(35-37-41)42-22-7-11-29-49(42)57(51-31-13-9-24-45(51)47-28-17-33-53-55(47)48-25-10-14-32-52(48)58-53)50-30-12-8-23-44(50)46-27-16-21-40-20-15-26-43(54(40)46)38-18-5-4-6-19-38/h7-17,20-38H,4-6,18-19H2,1-3H3. The lowest BCUT2D eigenvalue weighted by atomic mass is 9.80. The molecule has 0 saturated heterocycles. The summed E-state index contributed by atoms with van der Waals surface area (Å²) in [5, 5.41) is 5.35. The van der Waals surface area contributed by atoms with Gasteiger partial charge in [0.2, 0.25) is 0 Å². The Kier molecular flexibility index (Phi) is 9.46. The maximum absolute atomic E-state index is 2.56. The van der Waals surface area contributed by atoms with Gasteiger partial charge in [0.25, 0.3) is 0 Å². The third kappa shape index (κ3) is 6.50. The molecule has 0 spiro atoms. The first-order chi connectivity index (χ1) is 28.4. The van der Waals surface area contributed by atoms with E-state index in [9.17, 15) is 0 Å². The fourth-order valence-electron chi connectivity index (χ4n) is 9.59. The summed E-state index contributed by atoms with van der Waals surface area (Å²) in [4.78, 5) is 2.56. The molecule has 1 heterocycles. The molecule has 10 rings (SSSR count). The highest BCUT2D eigenvalue weighted by atomic mass is 32.1. The zero-order valence-corrected chi connectivity index (χ0v) is 34.5. The minimum atomic E-state index is 0.0732. The predicted molar refractivity (Wildman–Crippen MR) is 252 cm³/mol. The van der Waals surface area contributed by atoms with Gasteiger partial charge in [0.1, 0.15) is 0 Å². The van der Waals surface area contributed by atoms with Crippen LogP contribution in [-0.2, 0) is 5.41 Å². The Morgan fingerprint density at radius 2 is 0.966 bits per heavy atom. The number of thiophene rings is 1. The van der Waals surface area contributed by atoms with E-state index in [4.69, 9.17) is 0 Å². The van der Waals surface area contributed by atoms with Crippen molar-refractivity contribution in [3.8, 4) is 33.4 Å². The molecule has 58 heavy (non-hydrogen) atoms. The van der Waals surface area contributed by atoms with Gasteiger partial charge in [0, 0.05) is 36.9 Å². The summed E-state index contributed by atoms with van der Waals surface area (Å²) < 4.78 is 2.63. The van der Waals surface area contributed by atoms with Gasteiger partial charge in [-0.25, -0.2) is 0 Å². The largest absolute Gasteiger partial charge is 0.309 e. The van der Waals surface area contributed by atoms with Gasteiger partial charge in [0.05, 0.1) is 17.1 Å². The van der Waals surface area contributed by atoms with Crippen molar-refractivity contribution in [2.45, 2.75) is 64.2 Å². The monoisotopic (exact) mass is 767 g/mol. The summed E-state index contributed by atoms with van der Waals surface area (Å²) in [5.74, 6) is 0.584. The molecule has 0 amide bonds. The molecule has 2 heteroatoms. The van der Waals surface area contributed by atoms with Crippen molar-refractivity contribution in [1.82, 2.24) is 0 Å². The Bertz CT molecular complexity index is 2910. The molecule has 0 N–H and O–H groups in total. The van der Waals surface area contributed by atoms with Crippen LogP contribution in [0.1, 0.15) is 69.9 Å². The van der Waals surface area contributed by atoms with Crippen LogP contribution in [0.15, 0.2) is 176 Å². The Morgan fingerprint density at radius 1 is 0.448 bits per heavy atom. The van der Waals surface area contributed by atoms with Crippen LogP contribution in [0.5, 0.6) is 0 Å². The van der Waals surface area contributed by atoms with Crippen LogP contribution in [0.4, 0.5) is 17.1 Å². The fraction of sp³-hybridized carbons (Fsp3) is 0.179. The lowest BCUT2D eigenvalue weighted by Gasteiger charge is -2.32. The predicted octanol–water partition coefficient (Wildman–Crippen LogP) is 17.0. The van der Waals surface area contributed by atoms with Crippen molar-refractivity contribution in [3.05, 3.63) is 187 Å². The molecule has 1 nitrogen and oxygen atoms in total. The van der Waals surface area contributed by atoms with Crippen molar-refractivity contribution in [3.63, 3.8) is 0 Å². The average molecular weight is 768 g/mol. The van der Waals surface area contributed by atoms with Gasteiger partial charge < -0.3 is 4.90 Å².